The van der Waals surface area contributed by atoms with E-state index in [9.17, 15) is 9.18 Å². The normalized spacial score (nSPS) is 19.6. The van der Waals surface area contributed by atoms with Gasteiger partial charge in [0.1, 0.15) is 11.4 Å². The molecular weight excluding hydrogens is 271 g/mol. The molecule has 0 radical (unpaired) electrons. The van der Waals surface area contributed by atoms with Crippen molar-refractivity contribution in [1.82, 2.24) is 10.2 Å². The van der Waals surface area contributed by atoms with Crippen molar-refractivity contribution in [2.24, 2.45) is 0 Å². The van der Waals surface area contributed by atoms with Crippen LogP contribution >= 0.6 is 0 Å². The first kappa shape index (κ1) is 15.9. The van der Waals surface area contributed by atoms with Gasteiger partial charge in [-0.1, -0.05) is 12.1 Å². The Labute approximate surface area is 125 Å². The first-order chi connectivity index (χ1) is 10.00. The van der Waals surface area contributed by atoms with E-state index in [0.717, 1.165) is 32.6 Å². The van der Waals surface area contributed by atoms with Gasteiger partial charge in [-0.2, -0.15) is 0 Å². The predicted octanol–water partition coefficient (Wildman–Crippen LogP) is 1.82. The first-order valence-electron chi connectivity index (χ1n) is 7.31. The molecule has 1 aliphatic heterocycles. The summed E-state index contributed by atoms with van der Waals surface area (Å²) in [6, 6.07) is 4.97. The third kappa shape index (κ3) is 3.09. The maximum absolute atomic E-state index is 13.9. The fraction of sp³-hybridized carbons (Fsp3) is 0.562. The minimum Gasteiger partial charge on any atom is -0.467 e. The second-order valence-electron chi connectivity index (χ2n) is 5.62. The van der Waals surface area contributed by atoms with Crippen LogP contribution in [0.15, 0.2) is 18.2 Å². The number of carbonyl (C=O) groups is 1. The van der Waals surface area contributed by atoms with Gasteiger partial charge in [-0.05, 0) is 44.0 Å². The molecule has 0 aliphatic carbocycles. The highest BCUT2D eigenvalue weighted by molar-refractivity contribution is 5.82. The van der Waals surface area contributed by atoms with E-state index in [4.69, 9.17) is 4.74 Å². The summed E-state index contributed by atoms with van der Waals surface area (Å²) >= 11 is 0. The average Bonchev–Trinajstić information content (AvgIpc) is 2.77. The molecule has 2 rings (SSSR count). The average molecular weight is 294 g/mol. The van der Waals surface area contributed by atoms with Crippen molar-refractivity contribution in [3.8, 4) is 0 Å². The maximum Gasteiger partial charge on any atom is 0.330 e. The lowest BCUT2D eigenvalue weighted by Crippen LogP contribution is -2.51. The van der Waals surface area contributed by atoms with E-state index in [1.165, 1.54) is 13.2 Å². The van der Waals surface area contributed by atoms with Crippen molar-refractivity contribution >= 4 is 5.97 Å². The molecule has 0 aromatic heterocycles. The molecule has 1 atom stereocenters. The number of ether oxygens (including phenoxy) is 1. The van der Waals surface area contributed by atoms with Crippen molar-refractivity contribution < 1.29 is 13.9 Å². The number of nitrogens with zero attached hydrogens (tertiary/aromatic N) is 1. The summed E-state index contributed by atoms with van der Waals surface area (Å²) in [6.07, 6.45) is 0.945. The van der Waals surface area contributed by atoms with E-state index in [0.29, 0.717) is 11.1 Å². The Balaban J connectivity index is 2.44. The van der Waals surface area contributed by atoms with Gasteiger partial charge in [0, 0.05) is 19.6 Å². The summed E-state index contributed by atoms with van der Waals surface area (Å²) in [6.45, 7) is 6.75. The molecule has 1 aromatic carbocycles. The van der Waals surface area contributed by atoms with Crippen LogP contribution < -0.4 is 5.32 Å². The van der Waals surface area contributed by atoms with Gasteiger partial charge in [0.2, 0.25) is 0 Å². The minimum absolute atomic E-state index is 0.296. The van der Waals surface area contributed by atoms with Gasteiger partial charge >= 0.3 is 5.97 Å². The molecule has 1 fully saturated rings. The molecule has 5 heteroatoms. The molecule has 1 N–H and O–H groups in total. The van der Waals surface area contributed by atoms with Crippen LogP contribution in [-0.2, 0) is 15.1 Å². The number of methoxy groups -OCH3 is 1. The molecule has 116 valence electrons. The van der Waals surface area contributed by atoms with Crippen LogP contribution in [-0.4, -0.2) is 44.2 Å². The molecular formula is C16H23FN2O2. The summed E-state index contributed by atoms with van der Waals surface area (Å²) in [7, 11) is 1.38. The van der Waals surface area contributed by atoms with Gasteiger partial charge in [-0.3, -0.25) is 4.90 Å². The molecule has 1 saturated heterocycles. The number of benzene rings is 1. The van der Waals surface area contributed by atoms with Crippen LogP contribution in [0.3, 0.4) is 0 Å². The van der Waals surface area contributed by atoms with Gasteiger partial charge in [-0.15, -0.1) is 0 Å². The smallest absolute Gasteiger partial charge is 0.330 e. The number of rotatable bonds is 3. The molecule has 0 bridgehead atoms. The fourth-order valence-electron chi connectivity index (χ4n) is 2.82. The molecule has 0 spiro atoms. The Hall–Kier alpha value is -1.46. The Morgan fingerprint density at radius 2 is 2.14 bits per heavy atom. The number of hydrogen-bond donors (Lipinski definition) is 1. The van der Waals surface area contributed by atoms with Crippen molar-refractivity contribution in [2.75, 3.05) is 33.3 Å². The Morgan fingerprint density at radius 3 is 2.81 bits per heavy atom. The van der Waals surface area contributed by atoms with Crippen LogP contribution in [0.5, 0.6) is 0 Å². The highest BCUT2D eigenvalue weighted by atomic mass is 19.1. The summed E-state index contributed by atoms with van der Waals surface area (Å²) < 4.78 is 19.0. The molecule has 1 aliphatic rings. The van der Waals surface area contributed by atoms with E-state index in [1.807, 2.05) is 13.0 Å². The van der Waals surface area contributed by atoms with E-state index in [2.05, 4.69) is 10.2 Å². The van der Waals surface area contributed by atoms with Crippen LogP contribution in [0.1, 0.15) is 24.5 Å². The summed E-state index contributed by atoms with van der Waals surface area (Å²) in [5, 5.41) is 3.31. The van der Waals surface area contributed by atoms with Crippen LogP contribution in [0.2, 0.25) is 0 Å². The molecule has 4 nitrogen and oxygen atoms in total. The molecule has 21 heavy (non-hydrogen) atoms. The quantitative estimate of drug-likeness (QED) is 0.864. The third-order valence-electron chi connectivity index (χ3n) is 4.29. The first-order valence-corrected chi connectivity index (χ1v) is 7.31. The number of aryl methyl sites for hydroxylation is 1. The Morgan fingerprint density at radius 1 is 1.38 bits per heavy atom. The molecule has 1 aromatic rings. The molecule has 1 heterocycles. The summed E-state index contributed by atoms with van der Waals surface area (Å²) in [5.74, 6) is -0.650. The van der Waals surface area contributed by atoms with Crippen molar-refractivity contribution in [1.29, 1.82) is 0 Å². The second-order valence-corrected chi connectivity index (χ2v) is 5.62. The number of esters is 1. The number of halogens is 1. The predicted molar refractivity (Wildman–Crippen MR) is 79.6 cm³/mol. The molecule has 1 unspecified atom stereocenters. The highest BCUT2D eigenvalue weighted by Gasteiger charge is 2.42. The zero-order valence-corrected chi connectivity index (χ0v) is 12.9. The van der Waals surface area contributed by atoms with Crippen molar-refractivity contribution in [3.63, 3.8) is 0 Å². The minimum atomic E-state index is -0.963. The lowest BCUT2D eigenvalue weighted by molar-refractivity contribution is -0.155. The van der Waals surface area contributed by atoms with Crippen LogP contribution in [0, 0.1) is 12.7 Å². The van der Waals surface area contributed by atoms with Gasteiger partial charge in [-0.25, -0.2) is 9.18 Å². The second kappa shape index (κ2) is 6.54. The van der Waals surface area contributed by atoms with E-state index < -0.39 is 5.54 Å². The lowest BCUT2D eigenvalue weighted by atomic mass is 9.89. The van der Waals surface area contributed by atoms with Crippen molar-refractivity contribution in [3.05, 3.63) is 35.1 Å². The van der Waals surface area contributed by atoms with Gasteiger partial charge < -0.3 is 10.1 Å². The van der Waals surface area contributed by atoms with E-state index in [-0.39, 0.29) is 11.8 Å². The van der Waals surface area contributed by atoms with Gasteiger partial charge in [0.15, 0.2) is 0 Å². The highest BCUT2D eigenvalue weighted by Crippen LogP contribution is 2.31. The zero-order chi connectivity index (χ0) is 15.5. The van der Waals surface area contributed by atoms with E-state index >= 15 is 0 Å². The summed E-state index contributed by atoms with van der Waals surface area (Å²) in [4.78, 5) is 14.5. The fourth-order valence-corrected chi connectivity index (χ4v) is 2.82. The van der Waals surface area contributed by atoms with Crippen LogP contribution in [0.25, 0.3) is 0 Å². The van der Waals surface area contributed by atoms with Gasteiger partial charge in [0.25, 0.3) is 0 Å². The zero-order valence-electron chi connectivity index (χ0n) is 12.9. The number of carbonyl (C=O) groups excluding carboxylic acids is 1. The monoisotopic (exact) mass is 294 g/mol. The third-order valence-corrected chi connectivity index (χ3v) is 4.29. The summed E-state index contributed by atoms with van der Waals surface area (Å²) in [5.41, 5.74) is 0.248. The standard InChI is InChI=1S/C16H23FN2O2/c1-12-5-6-13(11-14(12)17)16(2,15(20)21-3)19-9-4-7-18-8-10-19/h5-6,11,18H,4,7-10H2,1-3H3. The number of hydrogen-bond acceptors (Lipinski definition) is 4. The number of nitrogens with one attached hydrogen (secondary N) is 1. The SMILES string of the molecule is COC(=O)C(C)(c1ccc(C)c(F)c1)N1CCCNCC1. The maximum atomic E-state index is 13.9. The molecule has 0 amide bonds. The lowest BCUT2D eigenvalue weighted by Gasteiger charge is -2.38. The largest absolute Gasteiger partial charge is 0.467 e. The van der Waals surface area contributed by atoms with Crippen LogP contribution in [0.4, 0.5) is 4.39 Å². The van der Waals surface area contributed by atoms with E-state index in [1.54, 1.807) is 13.0 Å². The topological polar surface area (TPSA) is 41.6 Å². The molecule has 0 saturated carbocycles. The van der Waals surface area contributed by atoms with Crippen molar-refractivity contribution in [2.45, 2.75) is 25.8 Å². The Bertz CT molecular complexity index is 513. The Kier molecular flexibility index (Phi) is 4.96. The van der Waals surface area contributed by atoms with Gasteiger partial charge in [0.05, 0.1) is 7.11 Å².